The molecule has 0 aromatic rings. The molecule has 0 fully saturated rings. The molecular weight excluding hydrogens is 248 g/mol. The maximum absolute atomic E-state index is 11.4. The largest absolute Gasteiger partial charge is 0.468 e. The lowest BCUT2D eigenvalue weighted by atomic mass is 10.0. The van der Waals surface area contributed by atoms with Crippen LogP contribution in [0, 0.1) is 5.92 Å². The zero-order valence-corrected chi connectivity index (χ0v) is 11.9. The van der Waals surface area contributed by atoms with Crippen molar-refractivity contribution in [2.24, 2.45) is 5.92 Å². The third-order valence-electron chi connectivity index (χ3n) is 2.53. The van der Waals surface area contributed by atoms with Crippen molar-refractivity contribution in [2.75, 3.05) is 14.2 Å². The molecule has 0 aliphatic rings. The summed E-state index contributed by atoms with van der Waals surface area (Å²) in [6.07, 6.45) is 5.72. The van der Waals surface area contributed by atoms with Crippen LogP contribution >= 0.6 is 0 Å². The van der Waals surface area contributed by atoms with E-state index in [1.807, 2.05) is 13.0 Å². The molecule has 0 saturated heterocycles. The summed E-state index contributed by atoms with van der Waals surface area (Å²) >= 11 is 0. The first-order chi connectivity index (χ1) is 8.92. The van der Waals surface area contributed by atoms with Crippen LogP contribution < -0.4 is 0 Å². The van der Waals surface area contributed by atoms with Gasteiger partial charge in [0.2, 0.25) is 0 Å². The summed E-state index contributed by atoms with van der Waals surface area (Å²) in [5, 5.41) is 9.06. The predicted molar refractivity (Wildman–Crippen MR) is 71.3 cm³/mol. The van der Waals surface area contributed by atoms with Crippen LogP contribution in [0.4, 0.5) is 0 Å². The van der Waals surface area contributed by atoms with Gasteiger partial charge in [-0.3, -0.25) is 9.59 Å². The zero-order valence-electron chi connectivity index (χ0n) is 11.9. The molecule has 0 aliphatic heterocycles. The van der Waals surface area contributed by atoms with Gasteiger partial charge in [0.15, 0.2) is 5.92 Å². The van der Waals surface area contributed by atoms with Gasteiger partial charge in [0, 0.05) is 0 Å². The minimum Gasteiger partial charge on any atom is -0.468 e. The molecule has 5 nitrogen and oxygen atoms in total. The number of aliphatic hydroxyl groups is 1. The number of carbonyl (C=O) groups excluding carboxylic acids is 2. The number of hydrogen-bond donors (Lipinski definition) is 1. The Morgan fingerprint density at radius 2 is 1.74 bits per heavy atom. The second-order valence-corrected chi connectivity index (χ2v) is 4.26. The van der Waals surface area contributed by atoms with Gasteiger partial charge < -0.3 is 14.6 Å². The van der Waals surface area contributed by atoms with Crippen molar-refractivity contribution in [3.05, 3.63) is 23.8 Å². The molecule has 0 bridgehead atoms. The van der Waals surface area contributed by atoms with Gasteiger partial charge in [-0.25, -0.2) is 0 Å². The summed E-state index contributed by atoms with van der Waals surface area (Å²) in [7, 11) is 2.47. The Labute approximate surface area is 113 Å². The van der Waals surface area contributed by atoms with Crippen molar-refractivity contribution in [1.82, 2.24) is 0 Å². The van der Waals surface area contributed by atoms with E-state index in [4.69, 9.17) is 5.11 Å². The summed E-state index contributed by atoms with van der Waals surface area (Å²) in [5.74, 6) is -2.13. The molecule has 19 heavy (non-hydrogen) atoms. The fourth-order valence-electron chi connectivity index (χ4n) is 1.43. The van der Waals surface area contributed by atoms with Crippen LogP contribution in [0.1, 0.15) is 26.7 Å². The van der Waals surface area contributed by atoms with Gasteiger partial charge in [-0.2, -0.15) is 0 Å². The topological polar surface area (TPSA) is 72.8 Å². The average Bonchev–Trinajstić information content (AvgIpc) is 2.37. The molecule has 0 spiro atoms. The normalized spacial score (nSPS) is 13.7. The van der Waals surface area contributed by atoms with Gasteiger partial charge in [0.1, 0.15) is 0 Å². The highest BCUT2D eigenvalue weighted by molar-refractivity contribution is 5.94. The third-order valence-corrected chi connectivity index (χ3v) is 2.53. The summed E-state index contributed by atoms with van der Waals surface area (Å²) < 4.78 is 9.13. The standard InChI is InChI=1S/C14H22O5/c1-10(6-5-7-11(2)15)8-9-12(13(16)18-3)14(17)19-4/h5,7-8,11-12,15H,6,9H2,1-4H3/b7-5+,10-8+. The first-order valence-corrected chi connectivity index (χ1v) is 6.08. The molecule has 0 aromatic carbocycles. The number of aliphatic hydroxyl groups excluding tert-OH is 1. The first-order valence-electron chi connectivity index (χ1n) is 6.08. The van der Waals surface area contributed by atoms with Gasteiger partial charge in [0.05, 0.1) is 20.3 Å². The number of hydrogen-bond acceptors (Lipinski definition) is 5. The Hall–Kier alpha value is -1.62. The Kier molecular flexibility index (Phi) is 8.53. The SMILES string of the molecule is COC(=O)C(C/C=C(\C)C/C=C/C(C)O)C(=O)OC. The van der Waals surface area contributed by atoms with Crippen molar-refractivity contribution < 1.29 is 24.2 Å². The van der Waals surface area contributed by atoms with Crippen molar-refractivity contribution in [3.63, 3.8) is 0 Å². The van der Waals surface area contributed by atoms with Crippen LogP contribution in [-0.2, 0) is 19.1 Å². The number of rotatable bonds is 7. The lowest BCUT2D eigenvalue weighted by Crippen LogP contribution is -2.26. The van der Waals surface area contributed by atoms with Crippen LogP contribution in [0.2, 0.25) is 0 Å². The average molecular weight is 270 g/mol. The van der Waals surface area contributed by atoms with E-state index in [-0.39, 0.29) is 6.42 Å². The highest BCUT2D eigenvalue weighted by atomic mass is 16.5. The number of allylic oxidation sites excluding steroid dienone is 3. The van der Waals surface area contributed by atoms with E-state index in [2.05, 4.69) is 9.47 Å². The fourth-order valence-corrected chi connectivity index (χ4v) is 1.43. The van der Waals surface area contributed by atoms with Gasteiger partial charge in [-0.15, -0.1) is 0 Å². The van der Waals surface area contributed by atoms with Gasteiger partial charge in [0.25, 0.3) is 0 Å². The number of carbonyl (C=O) groups is 2. The van der Waals surface area contributed by atoms with Gasteiger partial charge in [-0.05, 0) is 26.7 Å². The van der Waals surface area contributed by atoms with Crippen molar-refractivity contribution in [1.29, 1.82) is 0 Å². The summed E-state index contributed by atoms with van der Waals surface area (Å²) in [6, 6.07) is 0. The van der Waals surface area contributed by atoms with Crippen LogP contribution in [-0.4, -0.2) is 37.4 Å². The lowest BCUT2D eigenvalue weighted by Gasteiger charge is -2.10. The number of ether oxygens (including phenoxy) is 2. The Balaban J connectivity index is 4.52. The summed E-state index contributed by atoms with van der Waals surface area (Å²) in [6.45, 7) is 3.55. The Morgan fingerprint density at radius 1 is 1.21 bits per heavy atom. The van der Waals surface area contributed by atoms with Crippen LogP contribution in [0.15, 0.2) is 23.8 Å². The predicted octanol–water partition coefficient (Wildman–Crippen LogP) is 1.61. The summed E-state index contributed by atoms with van der Waals surface area (Å²) in [5.41, 5.74) is 0.995. The minimum atomic E-state index is -0.925. The Bertz CT molecular complexity index is 339. The lowest BCUT2D eigenvalue weighted by molar-refractivity contribution is -0.158. The Morgan fingerprint density at radius 3 is 2.16 bits per heavy atom. The molecule has 0 saturated carbocycles. The van der Waals surface area contributed by atoms with E-state index in [9.17, 15) is 9.59 Å². The maximum atomic E-state index is 11.4. The third kappa shape index (κ3) is 7.41. The molecule has 1 atom stereocenters. The van der Waals surface area contributed by atoms with Crippen molar-refractivity contribution >= 4 is 11.9 Å². The van der Waals surface area contributed by atoms with Crippen LogP contribution in [0.3, 0.4) is 0 Å². The van der Waals surface area contributed by atoms with Gasteiger partial charge in [-0.1, -0.05) is 23.8 Å². The first kappa shape index (κ1) is 17.4. The van der Waals surface area contributed by atoms with E-state index >= 15 is 0 Å². The molecule has 1 unspecified atom stereocenters. The van der Waals surface area contributed by atoms with Crippen LogP contribution in [0.5, 0.6) is 0 Å². The molecular formula is C14H22O5. The van der Waals surface area contributed by atoms with E-state index in [0.29, 0.717) is 6.42 Å². The molecule has 1 N–H and O–H groups in total. The second kappa shape index (κ2) is 9.33. The van der Waals surface area contributed by atoms with E-state index < -0.39 is 24.0 Å². The van der Waals surface area contributed by atoms with Crippen molar-refractivity contribution in [2.45, 2.75) is 32.8 Å². The van der Waals surface area contributed by atoms with Crippen LogP contribution in [0.25, 0.3) is 0 Å². The monoisotopic (exact) mass is 270 g/mol. The number of methoxy groups -OCH3 is 2. The molecule has 0 heterocycles. The van der Waals surface area contributed by atoms with E-state index in [1.165, 1.54) is 14.2 Å². The number of esters is 2. The second-order valence-electron chi connectivity index (χ2n) is 4.26. The summed E-state index contributed by atoms with van der Waals surface area (Å²) in [4.78, 5) is 22.9. The minimum absolute atomic E-state index is 0.244. The molecule has 0 rings (SSSR count). The molecule has 108 valence electrons. The maximum Gasteiger partial charge on any atom is 0.320 e. The van der Waals surface area contributed by atoms with Gasteiger partial charge >= 0.3 is 11.9 Å². The zero-order chi connectivity index (χ0) is 14.8. The highest BCUT2D eigenvalue weighted by Gasteiger charge is 2.27. The quantitative estimate of drug-likeness (QED) is 0.432. The van der Waals surface area contributed by atoms with Crippen molar-refractivity contribution in [3.8, 4) is 0 Å². The molecule has 5 heteroatoms. The smallest absolute Gasteiger partial charge is 0.320 e. The van der Waals surface area contributed by atoms with E-state index in [0.717, 1.165) is 5.57 Å². The molecule has 0 radical (unpaired) electrons. The molecule has 0 amide bonds. The highest BCUT2D eigenvalue weighted by Crippen LogP contribution is 2.12. The molecule has 0 aliphatic carbocycles. The molecule has 0 aromatic heterocycles. The fraction of sp³-hybridized carbons (Fsp3) is 0.571. The van der Waals surface area contributed by atoms with E-state index in [1.54, 1.807) is 19.1 Å².